The van der Waals surface area contributed by atoms with Gasteiger partial charge >= 0.3 is 0 Å². The van der Waals surface area contributed by atoms with Gasteiger partial charge in [0.25, 0.3) is 11.8 Å². The molecule has 0 unspecified atom stereocenters. The van der Waals surface area contributed by atoms with Crippen LogP contribution in [0.1, 0.15) is 57.7 Å². The van der Waals surface area contributed by atoms with E-state index < -0.39 is 23.0 Å². The third kappa shape index (κ3) is 4.88. The van der Waals surface area contributed by atoms with E-state index in [0.29, 0.717) is 19.1 Å². The van der Waals surface area contributed by atoms with Crippen LogP contribution in [0.2, 0.25) is 0 Å². The summed E-state index contributed by atoms with van der Waals surface area (Å²) in [6.45, 7) is 1.69. The van der Waals surface area contributed by atoms with Crippen LogP contribution >= 0.6 is 0 Å². The third-order valence-electron chi connectivity index (χ3n) is 8.11. The number of rotatable bonds is 6. The number of carbonyl (C=O) groups excluding carboxylic acids is 2. The minimum Gasteiger partial charge on any atom is -0.483 e. The van der Waals surface area contributed by atoms with Gasteiger partial charge in [-0.3, -0.25) is 19.3 Å². The number of hydrogen-bond donors (Lipinski definition) is 1. The summed E-state index contributed by atoms with van der Waals surface area (Å²) >= 11 is 0. The standard InChI is InChI=1S/C30H30F2N4O4/c31-21-10-9-20(24(32)14-21)15-33-29(38)23-16-34-17-25-35-12-5-4-8-22(35)11-13-36(25)30(39)26(34)28(27(23)37)40-18-19-6-2-1-3-7-19/h1-3,6-7,9-10,14,16,22,25H,4-5,8,11-13,15,17-18H2,(H,33,38)/t22-,25-/m1/s1. The Bertz CT molecular complexity index is 1510. The average Bonchev–Trinajstić information content (AvgIpc) is 2.96. The number of nitrogens with one attached hydrogen (secondary N) is 1. The van der Waals surface area contributed by atoms with Crippen molar-refractivity contribution in [2.24, 2.45) is 0 Å². The molecule has 1 aromatic heterocycles. The molecule has 3 aliphatic rings. The van der Waals surface area contributed by atoms with Crippen LogP contribution in [-0.4, -0.2) is 51.5 Å². The fourth-order valence-electron chi connectivity index (χ4n) is 6.06. The molecule has 3 aliphatic heterocycles. The molecule has 3 aromatic rings. The number of piperidine rings is 1. The van der Waals surface area contributed by atoms with Crippen LogP contribution in [0.25, 0.3) is 0 Å². The molecule has 0 spiro atoms. The lowest BCUT2D eigenvalue weighted by Crippen LogP contribution is -2.64. The second-order valence-corrected chi connectivity index (χ2v) is 10.5. The fraction of sp³-hybridized carbons (Fsp3) is 0.367. The van der Waals surface area contributed by atoms with Gasteiger partial charge in [0, 0.05) is 43.5 Å². The number of benzene rings is 2. The molecule has 1 N–H and O–H groups in total. The number of amides is 2. The first-order valence-corrected chi connectivity index (χ1v) is 13.6. The molecule has 6 rings (SSSR count). The SMILES string of the molecule is O=C(NCc1ccc(F)cc1F)c1cn2c(c(OCc3ccccc3)c1=O)C(=O)N1CC[C@H]3CCCCN3[C@H]1C2. The van der Waals surface area contributed by atoms with Crippen molar-refractivity contribution in [1.82, 2.24) is 19.7 Å². The molecule has 8 nitrogen and oxygen atoms in total. The maximum atomic E-state index is 14.1. The van der Waals surface area contributed by atoms with Gasteiger partial charge in [0.1, 0.15) is 30.0 Å². The maximum Gasteiger partial charge on any atom is 0.275 e. The van der Waals surface area contributed by atoms with E-state index >= 15 is 0 Å². The Morgan fingerprint density at radius 3 is 2.65 bits per heavy atom. The molecule has 2 atom stereocenters. The highest BCUT2D eigenvalue weighted by Crippen LogP contribution is 2.34. The van der Waals surface area contributed by atoms with Gasteiger partial charge < -0.3 is 19.5 Å². The minimum absolute atomic E-state index is 0.0415. The van der Waals surface area contributed by atoms with E-state index in [1.807, 2.05) is 35.2 Å². The summed E-state index contributed by atoms with van der Waals surface area (Å²) in [5.74, 6) is -2.72. The normalized spacial score (nSPS) is 20.4. The summed E-state index contributed by atoms with van der Waals surface area (Å²) in [5.41, 5.74) is 0.101. The van der Waals surface area contributed by atoms with Gasteiger partial charge in [-0.15, -0.1) is 0 Å². The zero-order valence-corrected chi connectivity index (χ0v) is 21.9. The van der Waals surface area contributed by atoms with E-state index in [9.17, 15) is 23.2 Å². The molecule has 2 saturated heterocycles. The first-order valence-electron chi connectivity index (χ1n) is 13.6. The number of aromatic nitrogens is 1. The van der Waals surface area contributed by atoms with Gasteiger partial charge in [-0.05, 0) is 30.9 Å². The maximum absolute atomic E-state index is 14.1. The topological polar surface area (TPSA) is 83.9 Å². The molecular weight excluding hydrogens is 518 g/mol. The molecular formula is C30H30F2N4O4. The van der Waals surface area contributed by atoms with E-state index in [4.69, 9.17) is 4.74 Å². The zero-order valence-electron chi connectivity index (χ0n) is 21.9. The van der Waals surface area contributed by atoms with Crippen molar-refractivity contribution < 1.29 is 23.1 Å². The molecule has 40 heavy (non-hydrogen) atoms. The Morgan fingerprint density at radius 2 is 1.85 bits per heavy atom. The molecule has 0 radical (unpaired) electrons. The zero-order chi connectivity index (χ0) is 27.8. The van der Waals surface area contributed by atoms with Crippen LogP contribution in [0.4, 0.5) is 8.78 Å². The van der Waals surface area contributed by atoms with E-state index in [0.717, 1.165) is 43.5 Å². The number of pyridine rings is 1. The van der Waals surface area contributed by atoms with Gasteiger partial charge in [-0.2, -0.15) is 0 Å². The van der Waals surface area contributed by atoms with Crippen molar-refractivity contribution in [1.29, 1.82) is 0 Å². The second kappa shape index (κ2) is 10.8. The van der Waals surface area contributed by atoms with E-state index in [1.165, 1.54) is 18.7 Å². The van der Waals surface area contributed by atoms with Crippen LogP contribution in [0, 0.1) is 11.6 Å². The van der Waals surface area contributed by atoms with Crippen molar-refractivity contribution in [3.63, 3.8) is 0 Å². The van der Waals surface area contributed by atoms with Crippen molar-refractivity contribution >= 4 is 11.8 Å². The summed E-state index contributed by atoms with van der Waals surface area (Å²) in [6.07, 6.45) is 5.44. The fourth-order valence-corrected chi connectivity index (χ4v) is 6.06. The van der Waals surface area contributed by atoms with Crippen LogP contribution in [0.3, 0.4) is 0 Å². The van der Waals surface area contributed by atoms with Crippen LogP contribution in [0.15, 0.2) is 59.5 Å². The van der Waals surface area contributed by atoms with Crippen LogP contribution in [0.5, 0.6) is 5.75 Å². The monoisotopic (exact) mass is 548 g/mol. The lowest BCUT2D eigenvalue weighted by molar-refractivity contribution is -0.0514. The van der Waals surface area contributed by atoms with Crippen LogP contribution in [-0.2, 0) is 19.7 Å². The number of ether oxygens (including phenoxy) is 1. The Balaban J connectivity index is 1.35. The molecule has 2 amide bonds. The van der Waals surface area contributed by atoms with Gasteiger partial charge in [-0.1, -0.05) is 42.8 Å². The molecule has 2 aromatic carbocycles. The summed E-state index contributed by atoms with van der Waals surface area (Å²) in [5, 5.41) is 2.56. The van der Waals surface area contributed by atoms with Crippen molar-refractivity contribution in [2.45, 2.75) is 57.6 Å². The Labute approximate surface area is 230 Å². The summed E-state index contributed by atoms with van der Waals surface area (Å²) < 4.78 is 35.1. The van der Waals surface area contributed by atoms with E-state index in [2.05, 4.69) is 10.2 Å². The highest BCUT2D eigenvalue weighted by molar-refractivity contribution is 5.99. The third-order valence-corrected chi connectivity index (χ3v) is 8.11. The van der Waals surface area contributed by atoms with Crippen molar-refractivity contribution in [2.75, 3.05) is 13.1 Å². The second-order valence-electron chi connectivity index (χ2n) is 10.5. The molecule has 0 aliphatic carbocycles. The van der Waals surface area contributed by atoms with Gasteiger partial charge in [0.05, 0.1) is 6.54 Å². The summed E-state index contributed by atoms with van der Waals surface area (Å²) in [6, 6.07) is 12.7. The van der Waals surface area contributed by atoms with Crippen molar-refractivity contribution in [3.05, 3.63) is 99.0 Å². The minimum atomic E-state index is -0.798. The first kappa shape index (κ1) is 26.2. The average molecular weight is 549 g/mol. The summed E-state index contributed by atoms with van der Waals surface area (Å²) in [4.78, 5) is 44.9. The highest BCUT2D eigenvalue weighted by Gasteiger charge is 2.44. The van der Waals surface area contributed by atoms with Gasteiger partial charge in [-0.25, -0.2) is 8.78 Å². The predicted octanol–water partition coefficient (Wildman–Crippen LogP) is 3.68. The molecule has 2 fully saturated rings. The number of hydrogen-bond acceptors (Lipinski definition) is 5. The quantitative estimate of drug-likeness (QED) is 0.508. The van der Waals surface area contributed by atoms with Crippen molar-refractivity contribution in [3.8, 4) is 5.75 Å². The van der Waals surface area contributed by atoms with E-state index in [-0.39, 0.29) is 47.8 Å². The van der Waals surface area contributed by atoms with Gasteiger partial charge in [0.2, 0.25) is 5.43 Å². The number of nitrogens with zero attached hydrogens (tertiary/aromatic N) is 3. The molecule has 208 valence electrons. The predicted molar refractivity (Wildman–Crippen MR) is 143 cm³/mol. The lowest BCUT2D eigenvalue weighted by Gasteiger charge is -2.52. The number of fused-ring (bicyclic) bond motifs is 4. The number of halogens is 2. The lowest BCUT2D eigenvalue weighted by atomic mass is 9.94. The highest BCUT2D eigenvalue weighted by atomic mass is 19.1. The van der Waals surface area contributed by atoms with Crippen LogP contribution < -0.4 is 15.5 Å². The Kier molecular flexibility index (Phi) is 7.10. The largest absolute Gasteiger partial charge is 0.483 e. The first-order chi connectivity index (χ1) is 19.4. The molecule has 0 bridgehead atoms. The smallest absolute Gasteiger partial charge is 0.275 e. The molecule has 4 heterocycles. The Hall–Kier alpha value is -4.05. The summed E-state index contributed by atoms with van der Waals surface area (Å²) in [7, 11) is 0. The van der Waals surface area contributed by atoms with Gasteiger partial charge in [0.15, 0.2) is 11.4 Å². The Morgan fingerprint density at radius 1 is 1.02 bits per heavy atom. The molecule has 10 heteroatoms. The van der Waals surface area contributed by atoms with E-state index in [1.54, 1.807) is 4.57 Å². The molecule has 0 saturated carbocycles. The number of carbonyl (C=O) groups is 2.